The molecular weight excluding hydrogens is 284 g/mol. The molecule has 0 aliphatic heterocycles. The van der Waals surface area contributed by atoms with Crippen LogP contribution in [0.3, 0.4) is 0 Å². The van der Waals surface area contributed by atoms with Crippen LogP contribution in [0.4, 0.5) is 0 Å². The molecular formula is C13H11ClN2O2S. The Kier molecular flexibility index (Phi) is 3.87. The van der Waals surface area contributed by atoms with Gasteiger partial charge in [-0.3, -0.25) is 14.3 Å². The molecule has 0 saturated heterocycles. The first-order chi connectivity index (χ1) is 9.04. The molecule has 2 rings (SSSR count). The minimum absolute atomic E-state index is 0.123. The van der Waals surface area contributed by atoms with Gasteiger partial charge in [0, 0.05) is 5.02 Å². The summed E-state index contributed by atoms with van der Waals surface area (Å²) in [5.41, 5.74) is 0.353. The van der Waals surface area contributed by atoms with Crippen molar-refractivity contribution in [3.63, 3.8) is 0 Å². The van der Waals surface area contributed by atoms with E-state index in [4.69, 9.17) is 23.8 Å². The standard InChI is InChI=1S/C13H11ClN2O2S/c1-2-3-10-11(17)15-13(19)16(12(10)18)9-6-4-8(14)5-7-9/h2-7,18H,1H3,(H,15,17,19). The Labute approximate surface area is 119 Å². The molecule has 0 fully saturated rings. The van der Waals surface area contributed by atoms with Crippen LogP contribution in [0.1, 0.15) is 12.5 Å². The third kappa shape index (κ3) is 2.62. The van der Waals surface area contributed by atoms with Gasteiger partial charge in [-0.1, -0.05) is 17.7 Å². The van der Waals surface area contributed by atoms with Gasteiger partial charge in [-0.2, -0.15) is 0 Å². The molecule has 6 heteroatoms. The van der Waals surface area contributed by atoms with E-state index in [1.165, 1.54) is 10.6 Å². The van der Waals surface area contributed by atoms with Crippen molar-refractivity contribution in [2.24, 2.45) is 0 Å². The lowest BCUT2D eigenvalue weighted by molar-refractivity contribution is 0.432. The van der Waals surface area contributed by atoms with Gasteiger partial charge in [0.25, 0.3) is 5.56 Å². The molecule has 1 heterocycles. The second kappa shape index (κ2) is 5.42. The normalized spacial score (nSPS) is 11.1. The Balaban J connectivity index is 2.77. The number of rotatable bonds is 2. The third-order valence-corrected chi connectivity index (χ3v) is 3.08. The molecule has 0 amide bonds. The van der Waals surface area contributed by atoms with Crippen molar-refractivity contribution >= 4 is 29.9 Å². The molecule has 0 radical (unpaired) electrons. The summed E-state index contributed by atoms with van der Waals surface area (Å²) in [5.74, 6) is -0.200. The fraction of sp³-hybridized carbons (Fsp3) is 0.0769. The van der Waals surface area contributed by atoms with Crippen molar-refractivity contribution in [2.45, 2.75) is 6.92 Å². The first kappa shape index (κ1) is 13.6. The van der Waals surface area contributed by atoms with Crippen molar-refractivity contribution in [3.8, 4) is 11.6 Å². The second-order valence-electron chi connectivity index (χ2n) is 3.81. The summed E-state index contributed by atoms with van der Waals surface area (Å²) in [6.07, 6.45) is 3.19. The summed E-state index contributed by atoms with van der Waals surface area (Å²) in [5, 5.41) is 10.8. The van der Waals surface area contributed by atoms with E-state index in [0.29, 0.717) is 10.7 Å². The molecule has 2 N–H and O–H groups in total. The predicted molar refractivity (Wildman–Crippen MR) is 78.6 cm³/mol. The number of hydrogen-bond acceptors (Lipinski definition) is 3. The summed E-state index contributed by atoms with van der Waals surface area (Å²) in [6.45, 7) is 1.76. The SMILES string of the molecule is CC=Cc1c(O)n(-c2ccc(Cl)cc2)c(=S)[nH]c1=O. The third-order valence-electron chi connectivity index (χ3n) is 2.54. The van der Waals surface area contributed by atoms with Gasteiger partial charge in [0.15, 0.2) is 4.77 Å². The number of aromatic hydroxyl groups is 1. The van der Waals surface area contributed by atoms with Gasteiger partial charge < -0.3 is 5.11 Å². The summed E-state index contributed by atoms with van der Waals surface area (Å²) < 4.78 is 1.50. The van der Waals surface area contributed by atoms with E-state index in [-0.39, 0.29) is 16.2 Å². The molecule has 0 spiro atoms. The average molecular weight is 295 g/mol. The van der Waals surface area contributed by atoms with Crippen LogP contribution in [0.2, 0.25) is 5.02 Å². The van der Waals surface area contributed by atoms with Gasteiger partial charge in [0.05, 0.1) is 11.3 Å². The van der Waals surface area contributed by atoms with E-state index < -0.39 is 5.56 Å². The van der Waals surface area contributed by atoms with Crippen LogP contribution in [0.25, 0.3) is 11.8 Å². The number of aromatic nitrogens is 2. The molecule has 0 aliphatic carbocycles. The van der Waals surface area contributed by atoms with E-state index in [0.717, 1.165) is 0 Å². The maximum atomic E-state index is 11.7. The van der Waals surface area contributed by atoms with Gasteiger partial charge in [-0.05, 0) is 49.5 Å². The Morgan fingerprint density at radius 3 is 2.58 bits per heavy atom. The lowest BCUT2D eigenvalue weighted by Gasteiger charge is -2.11. The highest BCUT2D eigenvalue weighted by Gasteiger charge is 2.11. The van der Waals surface area contributed by atoms with Gasteiger partial charge in [-0.15, -0.1) is 0 Å². The largest absolute Gasteiger partial charge is 0.494 e. The Hall–Kier alpha value is -1.85. The quantitative estimate of drug-likeness (QED) is 0.836. The summed E-state index contributed by atoms with van der Waals surface area (Å²) in [6, 6.07) is 6.77. The zero-order valence-corrected chi connectivity index (χ0v) is 11.6. The fourth-order valence-electron chi connectivity index (χ4n) is 1.69. The number of nitrogens with one attached hydrogen (secondary N) is 1. The smallest absolute Gasteiger partial charge is 0.262 e. The van der Waals surface area contributed by atoms with E-state index in [1.807, 2.05) is 0 Å². The highest BCUT2D eigenvalue weighted by atomic mass is 35.5. The van der Waals surface area contributed by atoms with Crippen molar-refractivity contribution in [2.75, 3.05) is 0 Å². The van der Waals surface area contributed by atoms with Crippen LogP contribution in [-0.4, -0.2) is 14.7 Å². The number of benzene rings is 1. The lowest BCUT2D eigenvalue weighted by Crippen LogP contribution is -2.15. The van der Waals surface area contributed by atoms with Crippen molar-refractivity contribution in [1.82, 2.24) is 9.55 Å². The van der Waals surface area contributed by atoms with Crippen LogP contribution in [0.5, 0.6) is 5.88 Å². The lowest BCUT2D eigenvalue weighted by atomic mass is 10.2. The molecule has 1 aromatic heterocycles. The molecule has 2 aromatic rings. The summed E-state index contributed by atoms with van der Waals surface area (Å²) in [7, 11) is 0. The molecule has 19 heavy (non-hydrogen) atoms. The molecule has 1 aromatic carbocycles. The first-order valence-corrected chi connectivity index (χ1v) is 6.30. The van der Waals surface area contributed by atoms with E-state index in [9.17, 15) is 9.90 Å². The maximum Gasteiger partial charge on any atom is 0.262 e. The second-order valence-corrected chi connectivity index (χ2v) is 4.63. The Morgan fingerprint density at radius 1 is 1.37 bits per heavy atom. The fourth-order valence-corrected chi connectivity index (χ4v) is 2.10. The van der Waals surface area contributed by atoms with Crippen LogP contribution in [0, 0.1) is 4.77 Å². The van der Waals surface area contributed by atoms with Gasteiger partial charge in [0.1, 0.15) is 0 Å². The first-order valence-electron chi connectivity index (χ1n) is 5.51. The van der Waals surface area contributed by atoms with Crippen molar-refractivity contribution in [1.29, 1.82) is 0 Å². The molecule has 0 aliphatic rings. The highest BCUT2D eigenvalue weighted by Crippen LogP contribution is 2.21. The number of hydrogen-bond donors (Lipinski definition) is 2. The number of allylic oxidation sites excluding steroid dienone is 1. The van der Waals surface area contributed by atoms with Crippen molar-refractivity contribution < 1.29 is 5.11 Å². The zero-order chi connectivity index (χ0) is 14.0. The molecule has 0 atom stereocenters. The summed E-state index contributed by atoms with van der Waals surface area (Å²) in [4.78, 5) is 14.2. The average Bonchev–Trinajstić information content (AvgIpc) is 2.36. The molecule has 0 bridgehead atoms. The van der Waals surface area contributed by atoms with Gasteiger partial charge in [0.2, 0.25) is 5.88 Å². The monoisotopic (exact) mass is 294 g/mol. The topological polar surface area (TPSA) is 58.0 Å². The van der Waals surface area contributed by atoms with Crippen LogP contribution in [-0.2, 0) is 0 Å². The van der Waals surface area contributed by atoms with E-state index in [1.54, 1.807) is 37.3 Å². The highest BCUT2D eigenvalue weighted by molar-refractivity contribution is 7.71. The molecule has 0 saturated carbocycles. The minimum atomic E-state index is -0.425. The number of H-pyrrole nitrogens is 1. The maximum absolute atomic E-state index is 11.7. The number of halogens is 1. The Bertz CT molecular complexity index is 745. The van der Waals surface area contributed by atoms with E-state index in [2.05, 4.69) is 4.98 Å². The summed E-state index contributed by atoms with van der Waals surface area (Å²) >= 11 is 10.9. The van der Waals surface area contributed by atoms with Crippen LogP contribution < -0.4 is 5.56 Å². The van der Waals surface area contributed by atoms with Gasteiger partial charge >= 0.3 is 0 Å². The van der Waals surface area contributed by atoms with Crippen LogP contribution in [0.15, 0.2) is 35.1 Å². The number of aromatic amines is 1. The minimum Gasteiger partial charge on any atom is -0.494 e. The van der Waals surface area contributed by atoms with Gasteiger partial charge in [-0.25, -0.2) is 0 Å². The molecule has 4 nitrogen and oxygen atoms in total. The number of nitrogens with zero attached hydrogens (tertiary/aromatic N) is 1. The predicted octanol–water partition coefficient (Wildman–Crippen LogP) is 3.29. The molecule has 98 valence electrons. The van der Waals surface area contributed by atoms with E-state index >= 15 is 0 Å². The van der Waals surface area contributed by atoms with Crippen molar-refractivity contribution in [3.05, 3.63) is 56.1 Å². The van der Waals surface area contributed by atoms with Crippen LogP contribution >= 0.6 is 23.8 Å². The molecule has 0 unspecified atom stereocenters. The Morgan fingerprint density at radius 2 is 2.00 bits per heavy atom. The zero-order valence-electron chi connectivity index (χ0n) is 10.1.